The predicted molar refractivity (Wildman–Crippen MR) is 117 cm³/mol. The number of nitrogens with one attached hydrogen (secondary N) is 2. The number of hydrogen-bond acceptors (Lipinski definition) is 4. The molecule has 0 spiro atoms. The zero-order valence-corrected chi connectivity index (χ0v) is 18.9. The molecule has 1 fully saturated rings. The maximum Gasteiger partial charge on any atom is 0.241 e. The molecule has 166 valence electrons. The van der Waals surface area contributed by atoms with Gasteiger partial charge in [-0.1, -0.05) is 33.6 Å². The lowest BCUT2D eigenvalue weighted by atomic mass is 10.0. The summed E-state index contributed by atoms with van der Waals surface area (Å²) in [6, 6.07) is 4.17. The van der Waals surface area contributed by atoms with Crippen LogP contribution in [0.4, 0.5) is 5.69 Å². The van der Waals surface area contributed by atoms with E-state index in [1.54, 1.807) is 17.0 Å². The number of hydrogen-bond donors (Lipinski definition) is 2. The monoisotopic (exact) mass is 435 g/mol. The standard InChI is InChI=1S/C22H33N3O4S/c1-4-21(26)25-12-11-16-14-18(9-10-20(16)25)30(28,29)24-19(13-15(2)3)22(27)23-17-7-5-6-8-17/h9-10,14-15,17,19,24H,4-8,11-13H2,1-3H3,(H,23,27)/t19-/m1/s1. The van der Waals surface area contributed by atoms with Gasteiger partial charge in [0, 0.05) is 24.7 Å². The number of carbonyl (C=O) groups excluding carboxylic acids is 2. The van der Waals surface area contributed by atoms with Gasteiger partial charge in [0.25, 0.3) is 0 Å². The van der Waals surface area contributed by atoms with E-state index >= 15 is 0 Å². The van der Waals surface area contributed by atoms with E-state index in [0.29, 0.717) is 25.8 Å². The minimum atomic E-state index is -3.86. The summed E-state index contributed by atoms with van der Waals surface area (Å²) in [5.41, 5.74) is 1.62. The zero-order chi connectivity index (χ0) is 21.9. The van der Waals surface area contributed by atoms with Crippen LogP contribution < -0.4 is 14.9 Å². The first-order valence-corrected chi connectivity index (χ1v) is 12.5. The van der Waals surface area contributed by atoms with Crippen molar-refractivity contribution in [3.63, 3.8) is 0 Å². The van der Waals surface area contributed by atoms with Gasteiger partial charge in [0.2, 0.25) is 21.8 Å². The number of carbonyl (C=O) groups is 2. The van der Waals surface area contributed by atoms with Crippen LogP contribution >= 0.6 is 0 Å². The van der Waals surface area contributed by atoms with Crippen molar-refractivity contribution in [3.05, 3.63) is 23.8 Å². The third kappa shape index (κ3) is 5.21. The van der Waals surface area contributed by atoms with Crippen molar-refractivity contribution in [1.82, 2.24) is 10.0 Å². The normalized spacial score (nSPS) is 17.9. The Morgan fingerprint density at radius 3 is 2.53 bits per heavy atom. The molecular formula is C22H33N3O4S. The lowest BCUT2D eigenvalue weighted by Crippen LogP contribution is -2.49. The lowest BCUT2D eigenvalue weighted by molar-refractivity contribution is -0.123. The smallest absolute Gasteiger partial charge is 0.241 e. The van der Waals surface area contributed by atoms with E-state index in [1.807, 2.05) is 20.8 Å². The number of fused-ring (bicyclic) bond motifs is 1. The Morgan fingerprint density at radius 1 is 1.20 bits per heavy atom. The molecule has 0 unspecified atom stereocenters. The van der Waals surface area contributed by atoms with Crippen molar-refractivity contribution in [2.24, 2.45) is 5.92 Å². The van der Waals surface area contributed by atoms with Gasteiger partial charge in [0.1, 0.15) is 6.04 Å². The average molecular weight is 436 g/mol. The largest absolute Gasteiger partial charge is 0.352 e. The summed E-state index contributed by atoms with van der Waals surface area (Å²) in [6.07, 6.45) is 5.56. The number of rotatable bonds is 8. The fourth-order valence-electron chi connectivity index (χ4n) is 4.30. The Balaban J connectivity index is 1.77. The van der Waals surface area contributed by atoms with Crippen LogP contribution in [0.3, 0.4) is 0 Å². The van der Waals surface area contributed by atoms with E-state index in [4.69, 9.17) is 0 Å². The Labute approximate surface area is 179 Å². The van der Waals surface area contributed by atoms with Gasteiger partial charge in [-0.25, -0.2) is 8.42 Å². The fraction of sp³-hybridized carbons (Fsp3) is 0.636. The summed E-state index contributed by atoms with van der Waals surface area (Å²) in [6.45, 7) is 6.32. The number of benzene rings is 1. The SMILES string of the molecule is CCC(=O)N1CCc2cc(S(=O)(=O)N[C@H](CC(C)C)C(=O)NC3CCCC3)ccc21. The molecule has 30 heavy (non-hydrogen) atoms. The summed E-state index contributed by atoms with van der Waals surface area (Å²) in [5, 5.41) is 3.01. The number of sulfonamides is 1. The summed E-state index contributed by atoms with van der Waals surface area (Å²) in [7, 11) is -3.86. The van der Waals surface area contributed by atoms with Crippen molar-refractivity contribution in [2.45, 2.75) is 82.7 Å². The molecule has 1 atom stereocenters. The molecule has 0 bridgehead atoms. The summed E-state index contributed by atoms with van der Waals surface area (Å²) in [5.74, 6) is -0.0521. The maximum absolute atomic E-state index is 13.1. The van der Waals surface area contributed by atoms with Gasteiger partial charge >= 0.3 is 0 Å². The first kappa shape index (κ1) is 22.7. The average Bonchev–Trinajstić information content (AvgIpc) is 3.35. The molecule has 1 heterocycles. The van der Waals surface area contributed by atoms with Crippen molar-refractivity contribution in [2.75, 3.05) is 11.4 Å². The highest BCUT2D eigenvalue weighted by molar-refractivity contribution is 7.89. The Kier molecular flexibility index (Phi) is 7.18. The van der Waals surface area contributed by atoms with Crippen LogP contribution in [0.1, 0.15) is 64.9 Å². The highest BCUT2D eigenvalue weighted by atomic mass is 32.2. The van der Waals surface area contributed by atoms with E-state index in [-0.39, 0.29) is 28.7 Å². The van der Waals surface area contributed by atoms with Gasteiger partial charge in [0.15, 0.2) is 0 Å². The van der Waals surface area contributed by atoms with E-state index in [0.717, 1.165) is 36.9 Å². The molecule has 2 amide bonds. The molecule has 2 N–H and O–H groups in total. The minimum absolute atomic E-state index is 0.0306. The Hall–Kier alpha value is -1.93. The van der Waals surface area contributed by atoms with Crippen LogP contribution in [0.5, 0.6) is 0 Å². The second kappa shape index (κ2) is 9.47. The van der Waals surface area contributed by atoms with Crippen LogP contribution in [0.2, 0.25) is 0 Å². The third-order valence-electron chi connectivity index (χ3n) is 5.88. The first-order chi connectivity index (χ1) is 14.2. The summed E-state index contributed by atoms with van der Waals surface area (Å²) >= 11 is 0. The molecule has 3 rings (SSSR count). The van der Waals surface area contributed by atoms with Crippen molar-refractivity contribution >= 4 is 27.5 Å². The molecule has 0 saturated heterocycles. The topological polar surface area (TPSA) is 95.6 Å². The lowest BCUT2D eigenvalue weighted by Gasteiger charge is -2.22. The zero-order valence-electron chi connectivity index (χ0n) is 18.1. The third-order valence-corrected chi connectivity index (χ3v) is 7.35. The van der Waals surface area contributed by atoms with E-state index in [1.165, 1.54) is 6.07 Å². The van der Waals surface area contributed by atoms with Crippen LogP contribution in [0.15, 0.2) is 23.1 Å². The molecule has 0 radical (unpaired) electrons. The Bertz CT molecular complexity index is 892. The second-order valence-corrected chi connectivity index (χ2v) is 10.4. The van der Waals surface area contributed by atoms with Gasteiger partial charge in [-0.3, -0.25) is 9.59 Å². The molecule has 8 heteroatoms. The van der Waals surface area contributed by atoms with E-state index in [2.05, 4.69) is 10.0 Å². The van der Waals surface area contributed by atoms with Gasteiger partial charge in [-0.05, 0) is 55.4 Å². The van der Waals surface area contributed by atoms with E-state index in [9.17, 15) is 18.0 Å². The van der Waals surface area contributed by atoms with Crippen molar-refractivity contribution < 1.29 is 18.0 Å². The van der Waals surface area contributed by atoms with Crippen molar-refractivity contribution in [3.8, 4) is 0 Å². The molecule has 1 aromatic carbocycles. The van der Waals surface area contributed by atoms with E-state index < -0.39 is 16.1 Å². The number of nitrogens with zero attached hydrogens (tertiary/aromatic N) is 1. The summed E-state index contributed by atoms with van der Waals surface area (Å²) in [4.78, 5) is 26.7. The van der Waals surface area contributed by atoms with Gasteiger partial charge in [0.05, 0.1) is 4.90 Å². The van der Waals surface area contributed by atoms with Crippen LogP contribution in [0.25, 0.3) is 0 Å². The van der Waals surface area contributed by atoms with Gasteiger partial charge < -0.3 is 10.2 Å². The molecule has 0 aromatic heterocycles. The fourth-order valence-corrected chi connectivity index (χ4v) is 5.56. The quantitative estimate of drug-likeness (QED) is 0.656. The number of amides is 2. The van der Waals surface area contributed by atoms with Gasteiger partial charge in [-0.15, -0.1) is 0 Å². The second-order valence-electron chi connectivity index (χ2n) is 8.73. The van der Waals surface area contributed by atoms with Crippen molar-refractivity contribution in [1.29, 1.82) is 0 Å². The molecule has 7 nitrogen and oxygen atoms in total. The molecule has 1 aliphatic carbocycles. The molecule has 1 saturated carbocycles. The highest BCUT2D eigenvalue weighted by Gasteiger charge is 2.30. The maximum atomic E-state index is 13.1. The summed E-state index contributed by atoms with van der Waals surface area (Å²) < 4.78 is 28.8. The number of anilines is 1. The van der Waals surface area contributed by atoms with Crippen LogP contribution in [0, 0.1) is 5.92 Å². The molecule has 1 aliphatic heterocycles. The first-order valence-electron chi connectivity index (χ1n) is 11.0. The molecule has 2 aliphatic rings. The predicted octanol–water partition coefficient (Wildman–Crippen LogP) is 2.74. The van der Waals surface area contributed by atoms with Gasteiger partial charge in [-0.2, -0.15) is 4.72 Å². The molecular weight excluding hydrogens is 402 g/mol. The Morgan fingerprint density at radius 2 is 1.90 bits per heavy atom. The highest BCUT2D eigenvalue weighted by Crippen LogP contribution is 2.31. The minimum Gasteiger partial charge on any atom is -0.352 e. The molecule has 1 aromatic rings. The van der Waals surface area contributed by atoms with Crippen LogP contribution in [-0.4, -0.2) is 38.9 Å². The van der Waals surface area contributed by atoms with Crippen LogP contribution in [-0.2, 0) is 26.0 Å².